The predicted molar refractivity (Wildman–Crippen MR) is 132 cm³/mol. The Morgan fingerprint density at radius 3 is 1.24 bits per heavy atom. The van der Waals surface area contributed by atoms with Crippen LogP contribution in [0, 0.1) is 29.6 Å². The van der Waals surface area contributed by atoms with Gasteiger partial charge in [0.1, 0.15) is 0 Å². The first kappa shape index (κ1) is 30.1. The van der Waals surface area contributed by atoms with E-state index in [2.05, 4.69) is 94.9 Å². The molecule has 1 amide bonds. The quantitative estimate of drug-likeness (QED) is 0.447. The maximum Gasteiger partial charge on any atom is 0.231 e. The molecule has 1 aliphatic heterocycles. The maximum atomic E-state index is 13.1. The molecule has 1 rings (SSSR count). The van der Waals surface area contributed by atoms with Gasteiger partial charge in [-0.25, -0.2) is 0 Å². The second-order valence-corrected chi connectivity index (χ2v) is 10.1. The topological polar surface area (TPSA) is 20.3 Å². The van der Waals surface area contributed by atoms with Crippen molar-refractivity contribution in [2.45, 2.75) is 116 Å². The number of rotatable bonds is 5. The molecule has 0 saturated carbocycles. The third-order valence-electron chi connectivity index (χ3n) is 4.70. The van der Waals surface area contributed by atoms with Crippen LogP contribution in [-0.2, 0) is 4.79 Å². The molecular weight excluding hydrogens is 354 g/mol. The Morgan fingerprint density at radius 2 is 1.00 bits per heavy atom. The second kappa shape index (κ2) is 14.0. The van der Waals surface area contributed by atoms with Gasteiger partial charge in [-0.1, -0.05) is 95.6 Å². The molecule has 0 aliphatic carbocycles. The first-order valence-electron chi connectivity index (χ1n) is 12.0. The summed E-state index contributed by atoms with van der Waals surface area (Å²) in [5.41, 5.74) is 5.45. The lowest BCUT2D eigenvalue weighted by atomic mass is 9.79. The van der Waals surface area contributed by atoms with Gasteiger partial charge in [-0.05, 0) is 54.6 Å². The molecule has 172 valence electrons. The molecule has 0 N–H and O–H groups in total. The zero-order valence-electron chi connectivity index (χ0n) is 22.5. The average molecular weight is 408 g/mol. The molecule has 1 aliphatic rings. The van der Waals surface area contributed by atoms with E-state index >= 15 is 0 Å². The van der Waals surface area contributed by atoms with Crippen molar-refractivity contribution in [3.8, 4) is 0 Å². The lowest BCUT2D eigenvalue weighted by Gasteiger charge is -2.34. The van der Waals surface area contributed by atoms with Crippen molar-refractivity contribution in [3.63, 3.8) is 0 Å². The van der Waals surface area contributed by atoms with Gasteiger partial charge >= 0.3 is 0 Å². The van der Waals surface area contributed by atoms with E-state index in [0.717, 1.165) is 5.92 Å². The minimum atomic E-state index is 0.202. The van der Waals surface area contributed by atoms with Gasteiger partial charge in [0.05, 0.1) is 0 Å². The van der Waals surface area contributed by atoms with Crippen molar-refractivity contribution in [1.82, 2.24) is 4.90 Å². The van der Waals surface area contributed by atoms with Gasteiger partial charge in [0.25, 0.3) is 0 Å². The molecular formula is C27H53NO. The molecule has 0 spiro atoms. The normalized spacial score (nSPS) is 15.5. The van der Waals surface area contributed by atoms with Crippen LogP contribution in [0.15, 0.2) is 22.4 Å². The summed E-state index contributed by atoms with van der Waals surface area (Å²) in [6.45, 7) is 32.7. The Kier molecular flexibility index (Phi) is 14.6. The summed E-state index contributed by atoms with van der Waals surface area (Å²) in [5, 5.41) is 0. The monoisotopic (exact) mass is 407 g/mol. The summed E-state index contributed by atoms with van der Waals surface area (Å²) >= 11 is 0. The van der Waals surface area contributed by atoms with E-state index in [1.165, 1.54) is 22.4 Å². The summed E-state index contributed by atoms with van der Waals surface area (Å²) in [5.74, 6) is 2.72. The molecule has 0 saturated heterocycles. The number of amides is 1. The highest BCUT2D eigenvalue weighted by Crippen LogP contribution is 2.41. The van der Waals surface area contributed by atoms with Crippen molar-refractivity contribution >= 4 is 5.91 Å². The summed E-state index contributed by atoms with van der Waals surface area (Å²) in [7, 11) is 0. The van der Waals surface area contributed by atoms with E-state index in [9.17, 15) is 4.79 Å². The van der Waals surface area contributed by atoms with Crippen molar-refractivity contribution < 1.29 is 4.79 Å². The van der Waals surface area contributed by atoms with Crippen LogP contribution in [0.3, 0.4) is 0 Å². The minimum Gasteiger partial charge on any atom is -0.313 e. The summed E-state index contributed by atoms with van der Waals surface area (Å²) in [4.78, 5) is 15.2. The van der Waals surface area contributed by atoms with Crippen molar-refractivity contribution in [2.24, 2.45) is 29.6 Å². The molecule has 0 bridgehead atoms. The van der Waals surface area contributed by atoms with Crippen molar-refractivity contribution in [2.75, 3.05) is 0 Å². The molecule has 0 aromatic carbocycles. The van der Waals surface area contributed by atoms with Crippen LogP contribution < -0.4 is 0 Å². The highest BCUT2D eigenvalue weighted by atomic mass is 16.2. The minimum absolute atomic E-state index is 0.202. The van der Waals surface area contributed by atoms with E-state index in [1.54, 1.807) is 0 Å². The number of hydrogen-bond acceptors (Lipinski definition) is 1. The number of carbonyl (C=O) groups is 1. The molecule has 0 atom stereocenters. The van der Waals surface area contributed by atoms with Crippen LogP contribution in [0.5, 0.6) is 0 Å². The van der Waals surface area contributed by atoms with Gasteiger partial charge in [0.2, 0.25) is 5.91 Å². The molecule has 0 aromatic heterocycles. The summed E-state index contributed by atoms with van der Waals surface area (Å²) < 4.78 is 0. The zero-order chi connectivity index (χ0) is 23.6. The van der Waals surface area contributed by atoms with Gasteiger partial charge in [0.15, 0.2) is 0 Å². The van der Waals surface area contributed by atoms with Crippen LogP contribution in [0.4, 0.5) is 0 Å². The van der Waals surface area contributed by atoms with Crippen LogP contribution in [-0.4, -0.2) is 16.8 Å². The molecule has 0 unspecified atom stereocenters. The maximum absolute atomic E-state index is 13.1. The highest BCUT2D eigenvalue weighted by Gasteiger charge is 2.34. The molecule has 0 fully saturated rings. The zero-order valence-corrected chi connectivity index (χ0v) is 22.5. The van der Waals surface area contributed by atoms with Gasteiger partial charge in [-0.15, -0.1) is 0 Å². The third kappa shape index (κ3) is 9.09. The third-order valence-corrected chi connectivity index (χ3v) is 4.70. The van der Waals surface area contributed by atoms with E-state index in [0.29, 0.717) is 30.1 Å². The van der Waals surface area contributed by atoms with E-state index in [-0.39, 0.29) is 11.9 Å². The Balaban J connectivity index is 0. The van der Waals surface area contributed by atoms with Gasteiger partial charge in [-0.3, -0.25) is 4.79 Å². The SMILES string of the molecule is CC.CC(C)C.CC(C)C1=C(C(C)C)C(C(C)C)=C(C(C)C)N(C(C)C)C(=O)C1. The largest absolute Gasteiger partial charge is 0.313 e. The summed E-state index contributed by atoms with van der Waals surface area (Å²) in [6, 6.07) is 0.202. The lowest BCUT2D eigenvalue weighted by molar-refractivity contribution is -0.130. The fourth-order valence-electron chi connectivity index (χ4n) is 3.88. The number of hydrogen-bond donors (Lipinski definition) is 0. The lowest BCUT2D eigenvalue weighted by Crippen LogP contribution is -2.38. The first-order chi connectivity index (χ1) is 13.2. The van der Waals surface area contributed by atoms with Gasteiger partial charge in [-0.2, -0.15) is 0 Å². The molecule has 29 heavy (non-hydrogen) atoms. The highest BCUT2D eigenvalue weighted by molar-refractivity contribution is 5.83. The first-order valence-corrected chi connectivity index (χ1v) is 12.0. The molecule has 0 radical (unpaired) electrons. The van der Waals surface area contributed by atoms with E-state index in [4.69, 9.17) is 0 Å². The Labute approximate surface area is 184 Å². The average Bonchev–Trinajstić information content (AvgIpc) is 2.70. The van der Waals surface area contributed by atoms with Crippen molar-refractivity contribution in [1.29, 1.82) is 0 Å². The molecule has 0 aromatic rings. The smallest absolute Gasteiger partial charge is 0.231 e. The number of nitrogens with zero attached hydrogens (tertiary/aromatic N) is 1. The van der Waals surface area contributed by atoms with Gasteiger partial charge < -0.3 is 4.90 Å². The second-order valence-electron chi connectivity index (χ2n) is 10.1. The predicted octanol–water partition coefficient (Wildman–Crippen LogP) is 8.49. The Bertz CT molecular complexity index is 542. The van der Waals surface area contributed by atoms with Crippen LogP contribution in [0.25, 0.3) is 0 Å². The van der Waals surface area contributed by atoms with Crippen LogP contribution >= 0.6 is 0 Å². The standard InChI is InChI=1S/C21H37NO.C4H10.C2H6/c1-12(2)17-11-18(23)22(16(9)10)21(15(7)8)20(14(5)6)19(17)13(3)4;1-4(2)3;1-2/h12-16H,11H2,1-10H3;4H,1-3H3;1-2H3. The Morgan fingerprint density at radius 1 is 0.621 bits per heavy atom. The van der Waals surface area contributed by atoms with Crippen LogP contribution in [0.1, 0.15) is 110 Å². The molecule has 2 heteroatoms. The van der Waals surface area contributed by atoms with E-state index in [1.807, 2.05) is 13.8 Å². The fourth-order valence-corrected chi connectivity index (χ4v) is 3.88. The summed E-state index contributed by atoms with van der Waals surface area (Å²) in [6.07, 6.45) is 0.565. The number of carbonyl (C=O) groups excluding carboxylic acids is 1. The van der Waals surface area contributed by atoms with Gasteiger partial charge in [0, 0.05) is 18.2 Å². The fraction of sp³-hybridized carbons (Fsp3) is 0.815. The molecule has 2 nitrogen and oxygen atoms in total. The Hall–Kier alpha value is -1.05. The van der Waals surface area contributed by atoms with Crippen molar-refractivity contribution in [3.05, 3.63) is 22.4 Å². The molecule has 1 heterocycles. The van der Waals surface area contributed by atoms with E-state index < -0.39 is 0 Å². The number of allylic oxidation sites excluding steroid dienone is 3. The van der Waals surface area contributed by atoms with Crippen LogP contribution in [0.2, 0.25) is 0 Å².